The monoisotopic (exact) mass is 492 g/mol. The van der Waals surface area contributed by atoms with Crippen LogP contribution in [-0.2, 0) is 19.1 Å². The van der Waals surface area contributed by atoms with E-state index >= 15 is 0 Å². The van der Waals surface area contributed by atoms with Crippen LogP contribution in [0.1, 0.15) is 30.5 Å². The van der Waals surface area contributed by atoms with Gasteiger partial charge >= 0.3 is 5.97 Å². The van der Waals surface area contributed by atoms with E-state index in [2.05, 4.69) is 21.2 Å². The standard InChI is InChI=1S/C22H22BrClN2O4/c1-13-8-17(23)18(24)10-19(13)25-20(27)12-30-22(29)16-9-21(28)26(11-16)14(2)15-6-4-3-5-7-15/h3-8,10,14,16H,9,11-12H2,1-2H3,(H,25,27)/t14-,16+/m0/s1. The van der Waals surface area contributed by atoms with Crippen LogP contribution < -0.4 is 5.32 Å². The molecule has 30 heavy (non-hydrogen) atoms. The van der Waals surface area contributed by atoms with E-state index in [1.165, 1.54) is 0 Å². The predicted octanol–water partition coefficient (Wildman–Crippen LogP) is 4.50. The van der Waals surface area contributed by atoms with Gasteiger partial charge in [0.15, 0.2) is 6.61 Å². The average Bonchev–Trinajstić information content (AvgIpc) is 3.12. The van der Waals surface area contributed by atoms with Crippen molar-refractivity contribution in [2.24, 2.45) is 5.92 Å². The summed E-state index contributed by atoms with van der Waals surface area (Å²) in [6.45, 7) is 3.61. The van der Waals surface area contributed by atoms with Gasteiger partial charge in [0.25, 0.3) is 5.91 Å². The Bertz CT molecular complexity index is 967. The quantitative estimate of drug-likeness (QED) is 0.601. The van der Waals surface area contributed by atoms with Crippen molar-refractivity contribution < 1.29 is 19.1 Å². The summed E-state index contributed by atoms with van der Waals surface area (Å²) < 4.78 is 5.89. The number of hydrogen-bond acceptors (Lipinski definition) is 4. The van der Waals surface area contributed by atoms with E-state index in [9.17, 15) is 14.4 Å². The number of halogens is 2. The zero-order valence-corrected chi connectivity index (χ0v) is 19.0. The number of ether oxygens (including phenoxy) is 1. The number of rotatable bonds is 6. The number of amides is 2. The SMILES string of the molecule is Cc1cc(Br)c(Cl)cc1NC(=O)COC(=O)[C@@H]1CC(=O)N([C@@H](C)c2ccccc2)C1. The first-order valence-corrected chi connectivity index (χ1v) is 10.7. The maximum Gasteiger partial charge on any atom is 0.311 e. The van der Waals surface area contributed by atoms with E-state index in [4.69, 9.17) is 16.3 Å². The fourth-order valence-electron chi connectivity index (χ4n) is 3.40. The van der Waals surface area contributed by atoms with E-state index in [1.807, 2.05) is 44.2 Å². The number of hydrogen-bond donors (Lipinski definition) is 1. The van der Waals surface area contributed by atoms with Gasteiger partial charge in [-0.05, 0) is 53.0 Å². The highest BCUT2D eigenvalue weighted by Crippen LogP contribution is 2.30. The average molecular weight is 494 g/mol. The van der Waals surface area contributed by atoms with Gasteiger partial charge < -0.3 is 15.0 Å². The Labute approximate surface area is 188 Å². The lowest BCUT2D eigenvalue weighted by molar-refractivity contribution is -0.151. The van der Waals surface area contributed by atoms with Crippen LogP contribution in [0.3, 0.4) is 0 Å². The molecule has 1 N–H and O–H groups in total. The van der Waals surface area contributed by atoms with Gasteiger partial charge in [-0.15, -0.1) is 0 Å². The van der Waals surface area contributed by atoms with Crippen LogP contribution in [-0.4, -0.2) is 35.8 Å². The van der Waals surface area contributed by atoms with Gasteiger partial charge in [-0.1, -0.05) is 41.9 Å². The van der Waals surface area contributed by atoms with E-state index in [1.54, 1.807) is 17.0 Å². The number of carbonyl (C=O) groups is 3. The van der Waals surface area contributed by atoms with Gasteiger partial charge in [-0.25, -0.2) is 0 Å². The summed E-state index contributed by atoms with van der Waals surface area (Å²) in [6, 6.07) is 12.9. The Balaban J connectivity index is 1.53. The van der Waals surface area contributed by atoms with Crippen LogP contribution in [0.2, 0.25) is 5.02 Å². The highest BCUT2D eigenvalue weighted by atomic mass is 79.9. The highest BCUT2D eigenvalue weighted by Gasteiger charge is 2.38. The molecule has 2 aromatic rings. The van der Waals surface area contributed by atoms with Gasteiger partial charge in [-0.2, -0.15) is 0 Å². The van der Waals surface area contributed by atoms with E-state index in [0.717, 1.165) is 15.6 Å². The normalized spacial score (nSPS) is 17.0. The molecule has 0 radical (unpaired) electrons. The maximum atomic E-state index is 12.4. The van der Waals surface area contributed by atoms with Crippen molar-refractivity contribution in [2.45, 2.75) is 26.3 Å². The summed E-state index contributed by atoms with van der Waals surface area (Å²) in [5.74, 6) is -1.70. The molecule has 1 aliphatic rings. The molecule has 0 aromatic heterocycles. The van der Waals surface area contributed by atoms with Crippen molar-refractivity contribution >= 4 is 51.0 Å². The number of esters is 1. The molecule has 1 heterocycles. The van der Waals surface area contributed by atoms with E-state index in [-0.39, 0.29) is 24.9 Å². The highest BCUT2D eigenvalue weighted by molar-refractivity contribution is 9.10. The van der Waals surface area contributed by atoms with Crippen LogP contribution in [0.15, 0.2) is 46.9 Å². The lowest BCUT2D eigenvalue weighted by Crippen LogP contribution is -2.30. The minimum Gasteiger partial charge on any atom is -0.455 e. The number of likely N-dealkylation sites (tertiary alicyclic amines) is 1. The van der Waals surface area contributed by atoms with Gasteiger partial charge in [-0.3, -0.25) is 14.4 Å². The first kappa shape index (κ1) is 22.3. The Morgan fingerprint density at radius 3 is 2.70 bits per heavy atom. The van der Waals surface area contributed by atoms with Gasteiger partial charge in [0.1, 0.15) is 0 Å². The molecule has 2 amide bonds. The molecule has 0 bridgehead atoms. The summed E-state index contributed by atoms with van der Waals surface area (Å²) in [5, 5.41) is 3.15. The summed E-state index contributed by atoms with van der Waals surface area (Å²) in [4.78, 5) is 38.7. The number of nitrogens with zero attached hydrogens (tertiary/aromatic N) is 1. The van der Waals surface area contributed by atoms with Crippen LogP contribution in [0.5, 0.6) is 0 Å². The number of nitrogens with one attached hydrogen (secondary N) is 1. The third-order valence-electron chi connectivity index (χ3n) is 5.13. The summed E-state index contributed by atoms with van der Waals surface area (Å²) in [5.41, 5.74) is 2.36. The van der Waals surface area contributed by atoms with Crippen LogP contribution in [0, 0.1) is 12.8 Å². The fraction of sp³-hybridized carbons (Fsp3) is 0.318. The van der Waals surface area contributed by atoms with E-state index < -0.39 is 24.4 Å². The Morgan fingerprint density at radius 1 is 1.30 bits per heavy atom. The van der Waals surface area contributed by atoms with Crippen LogP contribution >= 0.6 is 27.5 Å². The molecule has 6 nitrogen and oxygen atoms in total. The fourth-order valence-corrected chi connectivity index (χ4v) is 4.02. The number of aryl methyl sites for hydroxylation is 1. The topological polar surface area (TPSA) is 75.7 Å². The lowest BCUT2D eigenvalue weighted by atomic mass is 10.1. The number of carbonyl (C=O) groups excluding carboxylic acids is 3. The summed E-state index contributed by atoms with van der Waals surface area (Å²) >= 11 is 9.38. The van der Waals surface area contributed by atoms with Crippen molar-refractivity contribution in [2.75, 3.05) is 18.5 Å². The molecule has 0 unspecified atom stereocenters. The molecule has 1 fully saturated rings. The molecule has 0 saturated carbocycles. The van der Waals surface area contributed by atoms with Crippen molar-refractivity contribution in [3.05, 3.63) is 63.1 Å². The second-order valence-electron chi connectivity index (χ2n) is 7.27. The Morgan fingerprint density at radius 2 is 2.00 bits per heavy atom. The third kappa shape index (κ3) is 5.21. The zero-order valence-electron chi connectivity index (χ0n) is 16.7. The molecule has 0 spiro atoms. The molecule has 158 valence electrons. The Kier molecular flexibility index (Phi) is 7.15. The van der Waals surface area contributed by atoms with Gasteiger partial charge in [0.2, 0.25) is 5.91 Å². The minimum atomic E-state index is -0.583. The van der Waals surface area contributed by atoms with E-state index in [0.29, 0.717) is 10.7 Å². The number of anilines is 1. The molecule has 8 heteroatoms. The van der Waals surface area contributed by atoms with Crippen molar-refractivity contribution in [3.63, 3.8) is 0 Å². The summed E-state index contributed by atoms with van der Waals surface area (Å²) in [6.07, 6.45) is 0.0824. The molecule has 0 aliphatic carbocycles. The molecule has 1 saturated heterocycles. The van der Waals surface area contributed by atoms with Crippen LogP contribution in [0.25, 0.3) is 0 Å². The van der Waals surface area contributed by atoms with Crippen LogP contribution in [0.4, 0.5) is 5.69 Å². The second kappa shape index (κ2) is 9.62. The lowest BCUT2D eigenvalue weighted by Gasteiger charge is -2.25. The molecule has 3 rings (SSSR count). The maximum absolute atomic E-state index is 12.4. The van der Waals surface area contributed by atoms with Crippen molar-refractivity contribution in [1.29, 1.82) is 0 Å². The first-order chi connectivity index (χ1) is 14.3. The molecule has 2 aromatic carbocycles. The second-order valence-corrected chi connectivity index (χ2v) is 8.53. The van der Waals surface area contributed by atoms with Gasteiger partial charge in [0, 0.05) is 23.1 Å². The Hall–Kier alpha value is -2.38. The molecule has 2 atom stereocenters. The third-order valence-corrected chi connectivity index (χ3v) is 6.33. The van der Waals surface area contributed by atoms with Crippen molar-refractivity contribution in [1.82, 2.24) is 4.90 Å². The first-order valence-electron chi connectivity index (χ1n) is 9.52. The van der Waals surface area contributed by atoms with Crippen molar-refractivity contribution in [3.8, 4) is 0 Å². The molecular weight excluding hydrogens is 472 g/mol. The molecule has 1 aliphatic heterocycles. The number of benzene rings is 2. The minimum absolute atomic E-state index is 0.0824. The zero-order chi connectivity index (χ0) is 21.8. The van der Waals surface area contributed by atoms with Gasteiger partial charge in [0.05, 0.1) is 17.0 Å². The predicted molar refractivity (Wildman–Crippen MR) is 118 cm³/mol. The molecular formula is C22H22BrClN2O4. The smallest absolute Gasteiger partial charge is 0.311 e. The summed E-state index contributed by atoms with van der Waals surface area (Å²) in [7, 11) is 0. The largest absolute Gasteiger partial charge is 0.455 e.